The topological polar surface area (TPSA) is 91.6 Å². The van der Waals surface area contributed by atoms with Gasteiger partial charge < -0.3 is 15.1 Å². The van der Waals surface area contributed by atoms with Gasteiger partial charge in [-0.1, -0.05) is 0 Å². The Kier molecular flexibility index (Phi) is 4.57. The van der Waals surface area contributed by atoms with Gasteiger partial charge in [-0.05, 0) is 18.2 Å². The fourth-order valence-electron chi connectivity index (χ4n) is 2.73. The summed E-state index contributed by atoms with van der Waals surface area (Å²) in [5, 5.41) is 14.7. The number of nitrogens with zero attached hydrogens (tertiary/aromatic N) is 4. The van der Waals surface area contributed by atoms with Crippen molar-refractivity contribution >= 4 is 28.3 Å². The molecule has 8 nitrogen and oxygen atoms in total. The van der Waals surface area contributed by atoms with E-state index in [4.69, 9.17) is 0 Å². The molecule has 8 heteroatoms. The minimum Gasteiger partial charge on any atom is -0.350 e. The maximum Gasteiger partial charge on any atom is 0.270 e. The molecule has 3 rings (SSSR count). The SMILES string of the molecule is CN(CC(=O)N1CCNCC1)c1ccc2cc([N+](=O)[O-])ccc2n1. The zero-order valence-electron chi connectivity index (χ0n) is 13.4. The highest BCUT2D eigenvalue weighted by Crippen LogP contribution is 2.22. The minimum absolute atomic E-state index is 0.0410. The fourth-order valence-corrected chi connectivity index (χ4v) is 2.73. The first-order valence-corrected chi connectivity index (χ1v) is 7.79. The molecule has 1 fully saturated rings. The Balaban J connectivity index is 1.74. The number of nitrogens with one attached hydrogen (secondary N) is 1. The Hall–Kier alpha value is -2.74. The van der Waals surface area contributed by atoms with Crippen LogP contribution >= 0.6 is 0 Å². The summed E-state index contributed by atoms with van der Waals surface area (Å²) in [4.78, 5) is 30.9. The van der Waals surface area contributed by atoms with Crippen molar-refractivity contribution in [2.75, 3.05) is 44.7 Å². The molecule has 1 N–H and O–H groups in total. The van der Waals surface area contributed by atoms with Crippen LogP contribution in [0.4, 0.5) is 11.5 Å². The van der Waals surface area contributed by atoms with Gasteiger partial charge in [0.05, 0.1) is 17.0 Å². The molecule has 1 aromatic carbocycles. The summed E-state index contributed by atoms with van der Waals surface area (Å²) in [5.41, 5.74) is 0.707. The van der Waals surface area contributed by atoms with Crippen LogP contribution in [0.5, 0.6) is 0 Å². The van der Waals surface area contributed by atoms with Crippen LogP contribution in [0.15, 0.2) is 30.3 Å². The van der Waals surface area contributed by atoms with E-state index >= 15 is 0 Å². The second-order valence-corrected chi connectivity index (χ2v) is 5.79. The molecule has 0 aliphatic carbocycles. The molecule has 1 aromatic heterocycles. The number of pyridine rings is 1. The zero-order chi connectivity index (χ0) is 17.1. The maximum atomic E-state index is 12.3. The number of hydrogen-bond donors (Lipinski definition) is 1. The monoisotopic (exact) mass is 329 g/mol. The van der Waals surface area contributed by atoms with Crippen LogP contribution in [-0.2, 0) is 4.79 Å². The van der Waals surface area contributed by atoms with Crippen molar-refractivity contribution in [3.8, 4) is 0 Å². The van der Waals surface area contributed by atoms with Crippen LogP contribution in [0, 0.1) is 10.1 Å². The molecule has 2 heterocycles. The second-order valence-electron chi connectivity index (χ2n) is 5.79. The Labute approximate surface area is 139 Å². The molecular formula is C16H19N5O3. The number of rotatable bonds is 4. The number of carbonyl (C=O) groups excluding carboxylic acids is 1. The number of amides is 1. The van der Waals surface area contributed by atoms with Crippen molar-refractivity contribution in [3.05, 3.63) is 40.4 Å². The van der Waals surface area contributed by atoms with E-state index in [1.165, 1.54) is 12.1 Å². The third kappa shape index (κ3) is 3.43. The van der Waals surface area contributed by atoms with Gasteiger partial charge in [-0.3, -0.25) is 14.9 Å². The van der Waals surface area contributed by atoms with E-state index < -0.39 is 4.92 Å². The van der Waals surface area contributed by atoms with Gasteiger partial charge in [0, 0.05) is 50.7 Å². The van der Waals surface area contributed by atoms with E-state index in [1.54, 1.807) is 23.1 Å². The highest BCUT2D eigenvalue weighted by atomic mass is 16.6. The number of anilines is 1. The van der Waals surface area contributed by atoms with E-state index in [0.717, 1.165) is 26.2 Å². The summed E-state index contributed by atoms with van der Waals surface area (Å²) in [6.07, 6.45) is 0. The Morgan fingerprint density at radius 2 is 2.08 bits per heavy atom. The first-order valence-electron chi connectivity index (χ1n) is 7.79. The predicted molar refractivity (Wildman–Crippen MR) is 91.1 cm³/mol. The fraction of sp³-hybridized carbons (Fsp3) is 0.375. The molecule has 1 amide bonds. The number of benzene rings is 1. The molecule has 24 heavy (non-hydrogen) atoms. The molecule has 0 radical (unpaired) electrons. The van der Waals surface area contributed by atoms with Gasteiger partial charge in [0.2, 0.25) is 5.91 Å². The van der Waals surface area contributed by atoms with Crippen LogP contribution in [-0.4, -0.2) is 60.5 Å². The zero-order valence-corrected chi connectivity index (χ0v) is 13.4. The number of likely N-dealkylation sites (N-methyl/N-ethyl adjacent to an activating group) is 1. The lowest BCUT2D eigenvalue weighted by Gasteiger charge is -2.29. The van der Waals surface area contributed by atoms with Crippen molar-refractivity contribution in [2.24, 2.45) is 0 Å². The third-order valence-electron chi connectivity index (χ3n) is 4.10. The molecule has 2 aromatic rings. The molecular weight excluding hydrogens is 310 g/mol. The van der Waals surface area contributed by atoms with E-state index in [9.17, 15) is 14.9 Å². The molecule has 0 unspecified atom stereocenters. The molecule has 0 saturated carbocycles. The van der Waals surface area contributed by atoms with E-state index in [0.29, 0.717) is 16.7 Å². The van der Waals surface area contributed by atoms with Crippen molar-refractivity contribution in [1.29, 1.82) is 0 Å². The summed E-state index contributed by atoms with van der Waals surface area (Å²) in [7, 11) is 1.82. The quantitative estimate of drug-likeness (QED) is 0.665. The number of non-ortho nitro benzene ring substituents is 1. The normalized spacial score (nSPS) is 14.6. The lowest BCUT2D eigenvalue weighted by molar-refractivity contribution is -0.384. The van der Waals surface area contributed by atoms with E-state index in [-0.39, 0.29) is 18.1 Å². The van der Waals surface area contributed by atoms with Gasteiger partial charge in [0.25, 0.3) is 5.69 Å². The van der Waals surface area contributed by atoms with Gasteiger partial charge in [-0.25, -0.2) is 4.98 Å². The number of carbonyl (C=O) groups is 1. The van der Waals surface area contributed by atoms with Gasteiger partial charge in [0.15, 0.2) is 0 Å². The largest absolute Gasteiger partial charge is 0.350 e. The lowest BCUT2D eigenvalue weighted by Crippen LogP contribution is -2.49. The highest BCUT2D eigenvalue weighted by molar-refractivity contribution is 5.84. The summed E-state index contributed by atoms with van der Waals surface area (Å²) in [6, 6.07) is 8.12. The maximum absolute atomic E-state index is 12.3. The van der Waals surface area contributed by atoms with Crippen molar-refractivity contribution in [3.63, 3.8) is 0 Å². The van der Waals surface area contributed by atoms with Crippen LogP contribution < -0.4 is 10.2 Å². The molecule has 126 valence electrons. The van der Waals surface area contributed by atoms with Gasteiger partial charge in [0.1, 0.15) is 5.82 Å². The lowest BCUT2D eigenvalue weighted by atomic mass is 10.2. The predicted octanol–water partition coefficient (Wildman–Crippen LogP) is 1.01. The third-order valence-corrected chi connectivity index (χ3v) is 4.10. The first-order chi connectivity index (χ1) is 11.5. The summed E-state index contributed by atoms with van der Waals surface area (Å²) in [5.74, 6) is 0.740. The van der Waals surface area contributed by atoms with Crippen LogP contribution in [0.3, 0.4) is 0 Å². The average Bonchev–Trinajstić information content (AvgIpc) is 2.61. The van der Waals surface area contributed by atoms with Crippen molar-refractivity contribution < 1.29 is 9.72 Å². The standard InChI is InChI=1S/C16H19N5O3/c1-19(11-16(22)20-8-6-17-7-9-20)15-5-2-12-10-13(21(23)24)3-4-14(12)18-15/h2-5,10,17H,6-9,11H2,1H3. The van der Waals surface area contributed by atoms with Crippen LogP contribution in [0.25, 0.3) is 10.9 Å². The van der Waals surface area contributed by atoms with Crippen LogP contribution in [0.1, 0.15) is 0 Å². The molecule has 0 atom stereocenters. The molecule has 1 aliphatic rings. The molecule has 0 spiro atoms. The minimum atomic E-state index is -0.425. The number of fused-ring (bicyclic) bond motifs is 1. The van der Waals surface area contributed by atoms with Gasteiger partial charge >= 0.3 is 0 Å². The number of hydrogen-bond acceptors (Lipinski definition) is 6. The summed E-state index contributed by atoms with van der Waals surface area (Å²) in [6.45, 7) is 3.35. The Morgan fingerprint density at radius 3 is 2.79 bits per heavy atom. The van der Waals surface area contributed by atoms with E-state index in [1.807, 2.05) is 11.9 Å². The number of nitro groups is 1. The molecule has 1 saturated heterocycles. The molecule has 0 bridgehead atoms. The number of piperazine rings is 1. The smallest absolute Gasteiger partial charge is 0.270 e. The summed E-state index contributed by atoms with van der Waals surface area (Å²) >= 11 is 0. The summed E-state index contributed by atoms with van der Waals surface area (Å²) < 4.78 is 0. The first kappa shape index (κ1) is 16.1. The Morgan fingerprint density at radius 1 is 1.33 bits per heavy atom. The van der Waals surface area contributed by atoms with Crippen molar-refractivity contribution in [2.45, 2.75) is 0 Å². The van der Waals surface area contributed by atoms with Gasteiger partial charge in [-0.2, -0.15) is 0 Å². The average molecular weight is 329 g/mol. The Bertz CT molecular complexity index is 773. The van der Waals surface area contributed by atoms with E-state index in [2.05, 4.69) is 10.3 Å². The number of nitro benzene ring substituents is 1. The van der Waals surface area contributed by atoms with Gasteiger partial charge in [-0.15, -0.1) is 0 Å². The highest BCUT2D eigenvalue weighted by Gasteiger charge is 2.18. The second kappa shape index (κ2) is 6.79. The van der Waals surface area contributed by atoms with Crippen LogP contribution in [0.2, 0.25) is 0 Å². The van der Waals surface area contributed by atoms with Crippen molar-refractivity contribution in [1.82, 2.24) is 15.2 Å². The number of aromatic nitrogens is 1. The molecule has 1 aliphatic heterocycles.